The van der Waals surface area contributed by atoms with Crippen LogP contribution < -0.4 is 4.90 Å². The van der Waals surface area contributed by atoms with Crippen LogP contribution in [0.25, 0.3) is 0 Å². The average Bonchev–Trinajstić information content (AvgIpc) is 2.39. The van der Waals surface area contributed by atoms with Crippen molar-refractivity contribution in [1.29, 1.82) is 0 Å². The molecular formula is C17H17N. The minimum Gasteiger partial charge on any atom is -0.270 e. The molecule has 90 valence electrons. The van der Waals surface area contributed by atoms with Crippen LogP contribution in [0, 0.1) is 25.8 Å². The van der Waals surface area contributed by atoms with Crippen molar-refractivity contribution in [3.05, 3.63) is 59.7 Å². The van der Waals surface area contributed by atoms with E-state index in [2.05, 4.69) is 74.3 Å². The number of aryl methyl sites for hydroxylation is 2. The highest BCUT2D eigenvalue weighted by atomic mass is 15.1. The van der Waals surface area contributed by atoms with Crippen LogP contribution >= 0.6 is 0 Å². The standard InChI is InChI=1S/C17H17N/c1-4-13-18(16-9-5-14(2)6-10-16)17-11-7-15(3)8-12-17/h5-12H,1-3H3. The van der Waals surface area contributed by atoms with Gasteiger partial charge in [0.1, 0.15) is 0 Å². The Morgan fingerprint density at radius 1 is 0.722 bits per heavy atom. The zero-order valence-corrected chi connectivity index (χ0v) is 11.1. The molecule has 2 rings (SSSR count). The Hall–Kier alpha value is -2.20. The molecular weight excluding hydrogens is 218 g/mol. The van der Waals surface area contributed by atoms with Gasteiger partial charge in [0, 0.05) is 6.04 Å². The Bertz CT molecular complexity index is 522. The first-order valence-electron chi connectivity index (χ1n) is 6.06. The molecule has 0 heterocycles. The molecule has 2 aromatic rings. The van der Waals surface area contributed by atoms with Crippen LogP contribution in [-0.2, 0) is 0 Å². The molecule has 0 amide bonds. The molecule has 0 saturated heterocycles. The van der Waals surface area contributed by atoms with Gasteiger partial charge in [-0.15, -0.1) is 0 Å². The second kappa shape index (κ2) is 5.42. The van der Waals surface area contributed by atoms with Gasteiger partial charge < -0.3 is 0 Å². The molecule has 0 unspecified atom stereocenters. The molecule has 0 fully saturated rings. The topological polar surface area (TPSA) is 3.24 Å². The summed E-state index contributed by atoms with van der Waals surface area (Å²) in [4.78, 5) is 2.01. The summed E-state index contributed by atoms with van der Waals surface area (Å²) in [6, 6.07) is 19.9. The fourth-order valence-electron chi connectivity index (χ4n) is 1.78. The quantitative estimate of drug-likeness (QED) is 0.550. The fourth-order valence-corrected chi connectivity index (χ4v) is 1.78. The van der Waals surface area contributed by atoms with Crippen molar-refractivity contribution in [2.75, 3.05) is 4.90 Å². The largest absolute Gasteiger partial charge is 0.270 e. The van der Waals surface area contributed by atoms with E-state index in [1.54, 1.807) is 0 Å². The van der Waals surface area contributed by atoms with Gasteiger partial charge in [0.15, 0.2) is 0 Å². The highest BCUT2D eigenvalue weighted by molar-refractivity contribution is 5.68. The monoisotopic (exact) mass is 235 g/mol. The van der Waals surface area contributed by atoms with E-state index in [1.807, 2.05) is 11.8 Å². The van der Waals surface area contributed by atoms with Crippen molar-refractivity contribution in [1.82, 2.24) is 0 Å². The molecule has 0 spiro atoms. The molecule has 0 aliphatic rings. The molecule has 0 aliphatic heterocycles. The lowest BCUT2D eigenvalue weighted by Gasteiger charge is -2.18. The van der Waals surface area contributed by atoms with Crippen LogP contribution in [0.2, 0.25) is 0 Å². The summed E-state index contributed by atoms with van der Waals surface area (Å²) in [6.07, 6.45) is 0. The van der Waals surface area contributed by atoms with Crippen LogP contribution in [-0.4, -0.2) is 0 Å². The molecule has 0 saturated carbocycles. The molecule has 0 aliphatic carbocycles. The molecule has 0 atom stereocenters. The second-order valence-corrected chi connectivity index (χ2v) is 4.37. The molecule has 18 heavy (non-hydrogen) atoms. The van der Waals surface area contributed by atoms with Crippen molar-refractivity contribution in [3.63, 3.8) is 0 Å². The highest BCUT2D eigenvalue weighted by Crippen LogP contribution is 2.25. The molecule has 0 bridgehead atoms. The van der Waals surface area contributed by atoms with E-state index in [0.29, 0.717) is 0 Å². The van der Waals surface area contributed by atoms with Crippen molar-refractivity contribution in [2.24, 2.45) is 0 Å². The molecule has 1 nitrogen and oxygen atoms in total. The van der Waals surface area contributed by atoms with Crippen LogP contribution in [0.4, 0.5) is 11.4 Å². The number of hydrogen-bond donors (Lipinski definition) is 0. The lowest BCUT2D eigenvalue weighted by Crippen LogP contribution is -2.08. The zero-order chi connectivity index (χ0) is 13.0. The van der Waals surface area contributed by atoms with Gasteiger partial charge in [0.05, 0.1) is 11.4 Å². The molecule has 1 heteroatoms. The third kappa shape index (κ3) is 2.73. The maximum Gasteiger partial charge on any atom is 0.0545 e. The van der Waals surface area contributed by atoms with Gasteiger partial charge in [-0.05, 0) is 45.0 Å². The highest BCUT2D eigenvalue weighted by Gasteiger charge is 2.05. The summed E-state index contributed by atoms with van der Waals surface area (Å²) in [6.45, 7) is 6.03. The SMILES string of the molecule is CC#CN(c1ccc(C)cc1)c1ccc(C)cc1. The van der Waals surface area contributed by atoms with Crippen LogP contribution in [0.5, 0.6) is 0 Å². The van der Waals surface area contributed by atoms with E-state index >= 15 is 0 Å². The Labute approximate surface area is 109 Å². The molecule has 2 aromatic carbocycles. The number of hydrogen-bond acceptors (Lipinski definition) is 1. The smallest absolute Gasteiger partial charge is 0.0545 e. The second-order valence-electron chi connectivity index (χ2n) is 4.37. The Kier molecular flexibility index (Phi) is 3.69. The Morgan fingerprint density at radius 2 is 1.11 bits per heavy atom. The average molecular weight is 235 g/mol. The maximum absolute atomic E-state index is 3.14. The third-order valence-electron chi connectivity index (χ3n) is 2.81. The van der Waals surface area contributed by atoms with Gasteiger partial charge in [0.2, 0.25) is 0 Å². The van der Waals surface area contributed by atoms with Gasteiger partial charge in [-0.2, -0.15) is 0 Å². The fraction of sp³-hybridized carbons (Fsp3) is 0.176. The predicted molar refractivity (Wildman–Crippen MR) is 77.9 cm³/mol. The summed E-state index contributed by atoms with van der Waals surface area (Å²) in [7, 11) is 0. The van der Waals surface area contributed by atoms with E-state index in [-0.39, 0.29) is 0 Å². The minimum atomic E-state index is 1.10. The van der Waals surface area contributed by atoms with Crippen molar-refractivity contribution in [2.45, 2.75) is 20.8 Å². The first kappa shape index (κ1) is 12.3. The summed E-state index contributed by atoms with van der Waals surface area (Å²) in [5, 5.41) is 0. The molecule has 0 N–H and O–H groups in total. The van der Waals surface area contributed by atoms with Crippen LogP contribution in [0.1, 0.15) is 18.1 Å². The summed E-state index contributed by atoms with van der Waals surface area (Å²) >= 11 is 0. The molecule has 0 radical (unpaired) electrons. The number of nitrogens with zero attached hydrogens (tertiary/aromatic N) is 1. The summed E-state index contributed by atoms with van der Waals surface area (Å²) < 4.78 is 0. The zero-order valence-electron chi connectivity index (χ0n) is 11.1. The minimum absolute atomic E-state index is 1.10. The van der Waals surface area contributed by atoms with Gasteiger partial charge in [0.25, 0.3) is 0 Å². The lowest BCUT2D eigenvalue weighted by molar-refractivity contribution is 1.30. The van der Waals surface area contributed by atoms with E-state index in [4.69, 9.17) is 0 Å². The number of rotatable bonds is 2. The van der Waals surface area contributed by atoms with Gasteiger partial charge in [-0.25, -0.2) is 0 Å². The summed E-state index contributed by atoms with van der Waals surface area (Å²) in [5.74, 6) is 2.97. The van der Waals surface area contributed by atoms with Gasteiger partial charge in [-0.3, -0.25) is 4.90 Å². The van der Waals surface area contributed by atoms with Crippen LogP contribution in [0.15, 0.2) is 48.5 Å². The first-order valence-corrected chi connectivity index (χ1v) is 6.06. The predicted octanol–water partition coefficient (Wildman–Crippen LogP) is 4.42. The summed E-state index contributed by atoms with van der Waals surface area (Å²) in [5.41, 5.74) is 4.71. The molecule has 0 aromatic heterocycles. The van der Waals surface area contributed by atoms with E-state index in [1.165, 1.54) is 11.1 Å². The third-order valence-corrected chi connectivity index (χ3v) is 2.81. The van der Waals surface area contributed by atoms with Crippen LogP contribution in [0.3, 0.4) is 0 Å². The Balaban J connectivity index is 2.41. The van der Waals surface area contributed by atoms with Crippen molar-refractivity contribution < 1.29 is 0 Å². The normalized spacial score (nSPS) is 9.50. The van der Waals surface area contributed by atoms with Crippen molar-refractivity contribution in [3.8, 4) is 12.0 Å². The first-order chi connectivity index (χ1) is 8.70. The van der Waals surface area contributed by atoms with Gasteiger partial charge >= 0.3 is 0 Å². The number of anilines is 2. The van der Waals surface area contributed by atoms with Crippen molar-refractivity contribution >= 4 is 11.4 Å². The Morgan fingerprint density at radius 3 is 1.44 bits per heavy atom. The maximum atomic E-state index is 3.14. The lowest BCUT2D eigenvalue weighted by atomic mass is 10.2. The van der Waals surface area contributed by atoms with E-state index in [0.717, 1.165) is 11.4 Å². The van der Waals surface area contributed by atoms with E-state index in [9.17, 15) is 0 Å². The van der Waals surface area contributed by atoms with E-state index < -0.39 is 0 Å². The van der Waals surface area contributed by atoms with Gasteiger partial charge in [-0.1, -0.05) is 41.3 Å². The number of benzene rings is 2.